The number of hydrogen-bond acceptors (Lipinski definition) is 4. The van der Waals surface area contributed by atoms with Crippen molar-refractivity contribution in [1.82, 2.24) is 10.2 Å². The smallest absolute Gasteiger partial charge is 0.306 e. The number of benzene rings is 1. The molecule has 1 heterocycles. The highest BCUT2D eigenvalue weighted by Crippen LogP contribution is 2.13. The van der Waals surface area contributed by atoms with E-state index in [1.807, 2.05) is 30.3 Å². The lowest BCUT2D eigenvalue weighted by Crippen LogP contribution is -2.37. The number of esters is 1. The molecule has 2 rings (SSSR count). The average molecular weight is 318 g/mol. The molecule has 1 aromatic rings. The maximum absolute atomic E-state index is 12.0. The molecular weight excluding hydrogens is 296 g/mol. The molecule has 1 N–H and O–H groups in total. The minimum Gasteiger partial charge on any atom is -0.469 e. The highest BCUT2D eigenvalue weighted by molar-refractivity contribution is 5.84. The number of amides is 2. The van der Waals surface area contributed by atoms with Crippen LogP contribution in [-0.4, -0.2) is 48.9 Å². The van der Waals surface area contributed by atoms with Crippen LogP contribution in [0, 0.1) is 0 Å². The van der Waals surface area contributed by atoms with Gasteiger partial charge in [-0.2, -0.15) is 0 Å². The van der Waals surface area contributed by atoms with Gasteiger partial charge in [0, 0.05) is 25.9 Å². The maximum Gasteiger partial charge on any atom is 0.306 e. The highest BCUT2D eigenvalue weighted by atomic mass is 16.5. The first kappa shape index (κ1) is 17.0. The van der Waals surface area contributed by atoms with Crippen molar-refractivity contribution in [3.05, 3.63) is 35.9 Å². The van der Waals surface area contributed by atoms with Crippen LogP contribution in [0.15, 0.2) is 30.3 Å². The third-order valence-corrected chi connectivity index (χ3v) is 3.88. The van der Waals surface area contributed by atoms with E-state index in [4.69, 9.17) is 0 Å². The standard InChI is InChI=1S/C17H22N2O4/c1-23-17(22)8-7-15(20)18-14-11-16(21)19(12-14)10-9-13-5-3-2-4-6-13/h2-6,14H,7-12H2,1H3,(H,18,20)/t14-/m0/s1. The summed E-state index contributed by atoms with van der Waals surface area (Å²) in [4.78, 5) is 36.6. The summed E-state index contributed by atoms with van der Waals surface area (Å²) >= 11 is 0. The molecular formula is C17H22N2O4. The van der Waals surface area contributed by atoms with Gasteiger partial charge in [-0.05, 0) is 12.0 Å². The number of nitrogens with zero attached hydrogens (tertiary/aromatic N) is 1. The summed E-state index contributed by atoms with van der Waals surface area (Å²) in [6.45, 7) is 1.17. The maximum atomic E-state index is 12.0. The van der Waals surface area contributed by atoms with Gasteiger partial charge in [0.05, 0.1) is 19.6 Å². The van der Waals surface area contributed by atoms with Crippen LogP contribution in [0.3, 0.4) is 0 Å². The van der Waals surface area contributed by atoms with E-state index in [-0.39, 0.29) is 30.7 Å². The van der Waals surface area contributed by atoms with Gasteiger partial charge in [0.15, 0.2) is 0 Å². The fraction of sp³-hybridized carbons (Fsp3) is 0.471. The Labute approximate surface area is 135 Å². The van der Waals surface area contributed by atoms with Crippen LogP contribution >= 0.6 is 0 Å². The number of ether oxygens (including phenoxy) is 1. The first-order chi connectivity index (χ1) is 11.1. The van der Waals surface area contributed by atoms with E-state index in [2.05, 4.69) is 10.1 Å². The van der Waals surface area contributed by atoms with Gasteiger partial charge in [-0.25, -0.2) is 0 Å². The third kappa shape index (κ3) is 5.39. The Bertz CT molecular complexity index is 559. The topological polar surface area (TPSA) is 75.7 Å². The Kier molecular flexibility index (Phi) is 6.14. The molecule has 0 saturated carbocycles. The van der Waals surface area contributed by atoms with E-state index in [9.17, 15) is 14.4 Å². The number of hydrogen-bond donors (Lipinski definition) is 1. The molecule has 1 aliphatic rings. The van der Waals surface area contributed by atoms with Crippen LogP contribution < -0.4 is 5.32 Å². The van der Waals surface area contributed by atoms with Crippen LogP contribution in [0.2, 0.25) is 0 Å². The SMILES string of the molecule is COC(=O)CCC(=O)N[C@H]1CC(=O)N(CCc2ccccc2)C1. The van der Waals surface area contributed by atoms with Gasteiger partial charge >= 0.3 is 5.97 Å². The van der Waals surface area contributed by atoms with E-state index in [1.165, 1.54) is 12.7 Å². The Morgan fingerprint density at radius 2 is 2.00 bits per heavy atom. The van der Waals surface area contributed by atoms with Crippen LogP contribution in [0.1, 0.15) is 24.8 Å². The van der Waals surface area contributed by atoms with Crippen LogP contribution in [0.25, 0.3) is 0 Å². The second-order valence-corrected chi connectivity index (χ2v) is 5.62. The van der Waals surface area contributed by atoms with Crippen molar-refractivity contribution in [3.63, 3.8) is 0 Å². The van der Waals surface area contributed by atoms with Gasteiger partial charge in [0.1, 0.15) is 0 Å². The quantitative estimate of drug-likeness (QED) is 0.758. The average Bonchev–Trinajstić information content (AvgIpc) is 2.91. The molecule has 124 valence electrons. The molecule has 0 spiro atoms. The number of methoxy groups -OCH3 is 1. The molecule has 0 unspecified atom stereocenters. The first-order valence-electron chi connectivity index (χ1n) is 7.76. The zero-order chi connectivity index (χ0) is 16.7. The second-order valence-electron chi connectivity index (χ2n) is 5.62. The monoisotopic (exact) mass is 318 g/mol. The molecule has 0 radical (unpaired) electrons. The Morgan fingerprint density at radius 3 is 2.70 bits per heavy atom. The number of carbonyl (C=O) groups excluding carboxylic acids is 3. The van der Waals surface area contributed by atoms with Crippen molar-refractivity contribution in [2.24, 2.45) is 0 Å². The molecule has 1 aromatic carbocycles. The normalized spacial score (nSPS) is 17.2. The summed E-state index contributed by atoms with van der Waals surface area (Å²) < 4.78 is 4.50. The molecule has 1 fully saturated rings. The number of rotatable bonds is 7. The van der Waals surface area contributed by atoms with Crippen LogP contribution in [0.4, 0.5) is 0 Å². The minimum atomic E-state index is -0.410. The number of likely N-dealkylation sites (tertiary alicyclic amines) is 1. The van der Waals surface area contributed by atoms with Crippen LogP contribution in [0.5, 0.6) is 0 Å². The Morgan fingerprint density at radius 1 is 1.26 bits per heavy atom. The Balaban J connectivity index is 1.74. The molecule has 0 bridgehead atoms. The first-order valence-corrected chi connectivity index (χ1v) is 7.76. The van der Waals surface area contributed by atoms with E-state index in [0.29, 0.717) is 19.5 Å². The highest BCUT2D eigenvalue weighted by Gasteiger charge is 2.30. The molecule has 1 atom stereocenters. The van der Waals surface area contributed by atoms with Crippen molar-refractivity contribution >= 4 is 17.8 Å². The van der Waals surface area contributed by atoms with Crippen molar-refractivity contribution < 1.29 is 19.1 Å². The molecule has 1 aliphatic heterocycles. The van der Waals surface area contributed by atoms with E-state index >= 15 is 0 Å². The largest absolute Gasteiger partial charge is 0.469 e. The van der Waals surface area contributed by atoms with Gasteiger partial charge in [0.25, 0.3) is 0 Å². The summed E-state index contributed by atoms with van der Waals surface area (Å²) in [5.41, 5.74) is 1.19. The van der Waals surface area contributed by atoms with Crippen molar-refractivity contribution in [2.45, 2.75) is 31.7 Å². The predicted molar refractivity (Wildman–Crippen MR) is 84.5 cm³/mol. The minimum absolute atomic E-state index is 0.0548. The van der Waals surface area contributed by atoms with Crippen LogP contribution in [-0.2, 0) is 25.5 Å². The lowest BCUT2D eigenvalue weighted by Gasteiger charge is -2.17. The summed E-state index contributed by atoms with van der Waals surface area (Å²) in [5.74, 6) is -0.579. The zero-order valence-electron chi connectivity index (χ0n) is 13.3. The fourth-order valence-electron chi connectivity index (χ4n) is 2.61. The fourth-order valence-corrected chi connectivity index (χ4v) is 2.61. The summed E-state index contributed by atoms with van der Waals surface area (Å²) in [6, 6.07) is 9.81. The molecule has 1 saturated heterocycles. The van der Waals surface area contributed by atoms with E-state index in [0.717, 1.165) is 6.42 Å². The zero-order valence-corrected chi connectivity index (χ0v) is 13.3. The van der Waals surface area contributed by atoms with E-state index in [1.54, 1.807) is 4.90 Å². The molecule has 0 aliphatic carbocycles. The predicted octanol–water partition coefficient (Wildman–Crippen LogP) is 0.899. The summed E-state index contributed by atoms with van der Waals surface area (Å²) in [6.07, 6.45) is 1.26. The van der Waals surface area contributed by atoms with Gasteiger partial charge in [-0.1, -0.05) is 30.3 Å². The van der Waals surface area contributed by atoms with Gasteiger partial charge in [-0.15, -0.1) is 0 Å². The van der Waals surface area contributed by atoms with Crippen molar-refractivity contribution in [2.75, 3.05) is 20.2 Å². The van der Waals surface area contributed by atoms with Gasteiger partial charge in [-0.3, -0.25) is 14.4 Å². The molecule has 23 heavy (non-hydrogen) atoms. The third-order valence-electron chi connectivity index (χ3n) is 3.88. The summed E-state index contributed by atoms with van der Waals surface area (Å²) in [5, 5.41) is 2.81. The molecule has 0 aromatic heterocycles. The lowest BCUT2D eigenvalue weighted by molar-refractivity contribution is -0.142. The molecule has 6 heteroatoms. The molecule has 6 nitrogen and oxygen atoms in total. The summed E-state index contributed by atoms with van der Waals surface area (Å²) in [7, 11) is 1.29. The number of nitrogens with one attached hydrogen (secondary N) is 1. The number of carbonyl (C=O) groups is 3. The lowest BCUT2D eigenvalue weighted by atomic mass is 10.1. The molecule has 2 amide bonds. The Hall–Kier alpha value is -2.37. The van der Waals surface area contributed by atoms with Gasteiger partial charge in [0.2, 0.25) is 11.8 Å². The van der Waals surface area contributed by atoms with Crippen molar-refractivity contribution in [3.8, 4) is 0 Å². The van der Waals surface area contributed by atoms with Gasteiger partial charge < -0.3 is 15.0 Å². The van der Waals surface area contributed by atoms with Crippen molar-refractivity contribution in [1.29, 1.82) is 0 Å². The second kappa shape index (κ2) is 8.31. The van der Waals surface area contributed by atoms with E-state index < -0.39 is 5.97 Å².